The molecule has 0 bridgehead atoms. The van der Waals surface area contributed by atoms with Gasteiger partial charge in [-0.3, -0.25) is 19.8 Å². The molecule has 2 heterocycles. The fourth-order valence-corrected chi connectivity index (χ4v) is 10.0. The summed E-state index contributed by atoms with van der Waals surface area (Å²) < 4.78 is 0. The van der Waals surface area contributed by atoms with Crippen LogP contribution in [0.25, 0.3) is 0 Å². The summed E-state index contributed by atoms with van der Waals surface area (Å²) in [5, 5.41) is 18.4. The summed E-state index contributed by atoms with van der Waals surface area (Å²) in [5.74, 6) is 1.39. The third kappa shape index (κ3) is 16.2. The van der Waals surface area contributed by atoms with Gasteiger partial charge in [-0.05, 0) is 55.6 Å². The van der Waals surface area contributed by atoms with Crippen LogP contribution >= 0.6 is 21.6 Å². The average molecular weight is 909 g/mol. The Hall–Kier alpha value is -4.41. The maximum atomic E-state index is 14.2. The number of aliphatic hydroxyl groups excluding tert-OH is 1. The minimum absolute atomic E-state index is 0.0138. The number of rotatable bonds is 23. The van der Waals surface area contributed by atoms with Crippen LogP contribution < -0.4 is 10.6 Å². The van der Waals surface area contributed by atoms with Gasteiger partial charge in [0.25, 0.3) is 0 Å². The zero-order valence-corrected chi connectivity index (χ0v) is 39.3. The van der Waals surface area contributed by atoms with Crippen LogP contribution in [-0.2, 0) is 35.3 Å². The fraction of sp³-hybridized carbons (Fsp3) is 0.460. The lowest BCUT2D eigenvalue weighted by molar-refractivity contribution is -0.137. The molecule has 64 heavy (non-hydrogen) atoms. The average Bonchev–Trinajstić information content (AvgIpc) is 3.32. The number of hydrogen-bond donors (Lipinski definition) is 3. The molecule has 0 aromatic heterocycles. The number of hydrogen-bond acceptors (Lipinski definition) is 10. The summed E-state index contributed by atoms with van der Waals surface area (Å²) in [5.41, 5.74) is 4.37. The fourth-order valence-electron chi connectivity index (χ4n) is 8.05. The van der Waals surface area contributed by atoms with Crippen LogP contribution in [0.1, 0.15) is 22.3 Å². The Bertz CT molecular complexity index is 1960. The minimum atomic E-state index is -1.03. The third-order valence-electron chi connectivity index (χ3n) is 12.1. The quantitative estimate of drug-likeness (QED) is 0.0546. The van der Waals surface area contributed by atoms with Crippen molar-refractivity contribution in [1.82, 2.24) is 40.0 Å². The smallest absolute Gasteiger partial charge is 0.318 e. The lowest BCUT2D eigenvalue weighted by atomic mass is 10.0. The van der Waals surface area contributed by atoms with Gasteiger partial charge in [-0.1, -0.05) is 143 Å². The molecule has 0 aliphatic carbocycles. The van der Waals surface area contributed by atoms with E-state index in [0.717, 1.165) is 55.0 Å². The molecule has 2 fully saturated rings. The van der Waals surface area contributed by atoms with Gasteiger partial charge in [0.15, 0.2) is 6.35 Å². The summed E-state index contributed by atoms with van der Waals surface area (Å²) in [6.45, 7) is 8.10. The number of carbonyl (C=O) groups is 3. The van der Waals surface area contributed by atoms with Gasteiger partial charge >= 0.3 is 6.03 Å². The van der Waals surface area contributed by atoms with Crippen LogP contribution in [0.2, 0.25) is 0 Å². The SMILES string of the molecule is CN1CCN(C(=O)[C@H](Cc2ccccc2)NC(=O)N(CCSSCCN(CCc2ccccc2)C(O)N[C@@H](Cc2ccccc2)C(=O)N2CCN(C)CC2)CCc2ccccc2)CC1. The van der Waals surface area contributed by atoms with Gasteiger partial charge in [-0.15, -0.1) is 0 Å². The molecule has 4 aromatic carbocycles. The van der Waals surface area contributed by atoms with Gasteiger partial charge in [0, 0.05) is 96.5 Å². The van der Waals surface area contributed by atoms with E-state index in [1.807, 2.05) is 117 Å². The molecule has 6 rings (SSSR count). The monoisotopic (exact) mass is 908 g/mol. The van der Waals surface area contributed by atoms with E-state index in [2.05, 4.69) is 58.8 Å². The molecule has 4 aromatic rings. The van der Waals surface area contributed by atoms with Crippen LogP contribution in [0.3, 0.4) is 0 Å². The molecule has 2 aliphatic rings. The Labute approximate surface area is 389 Å². The molecule has 3 N–H and O–H groups in total. The largest absolute Gasteiger partial charge is 0.365 e. The number of carbonyl (C=O) groups excluding carboxylic acids is 3. The van der Waals surface area contributed by atoms with Crippen molar-refractivity contribution in [3.05, 3.63) is 144 Å². The first-order chi connectivity index (χ1) is 31.2. The van der Waals surface area contributed by atoms with Crippen molar-refractivity contribution in [2.45, 2.75) is 44.1 Å². The van der Waals surface area contributed by atoms with E-state index in [1.54, 1.807) is 21.6 Å². The molecule has 344 valence electrons. The highest BCUT2D eigenvalue weighted by Gasteiger charge is 2.31. The third-order valence-corrected chi connectivity index (χ3v) is 14.5. The molecule has 2 aliphatic heterocycles. The van der Waals surface area contributed by atoms with Gasteiger partial charge in [-0.25, -0.2) is 4.79 Å². The number of likely N-dealkylation sites (N-methyl/N-ethyl adjacent to an activating group) is 2. The van der Waals surface area contributed by atoms with E-state index in [4.69, 9.17) is 0 Å². The van der Waals surface area contributed by atoms with Crippen LogP contribution in [0.4, 0.5) is 4.79 Å². The van der Waals surface area contributed by atoms with Crippen molar-refractivity contribution in [2.75, 3.05) is 104 Å². The van der Waals surface area contributed by atoms with Crippen molar-refractivity contribution in [3.8, 4) is 0 Å². The molecule has 0 saturated carbocycles. The predicted octanol–water partition coefficient (Wildman–Crippen LogP) is 4.80. The van der Waals surface area contributed by atoms with Crippen LogP contribution in [0, 0.1) is 0 Å². The zero-order valence-electron chi connectivity index (χ0n) is 37.7. The summed E-state index contributed by atoms with van der Waals surface area (Å²) in [6, 6.07) is 38.9. The Balaban J connectivity index is 1.07. The number of piperazine rings is 2. The van der Waals surface area contributed by atoms with Crippen molar-refractivity contribution >= 4 is 39.4 Å². The van der Waals surface area contributed by atoms with Gasteiger partial charge in [0.05, 0.1) is 6.04 Å². The lowest BCUT2D eigenvalue weighted by Gasteiger charge is -2.37. The molecular weight excluding hydrogens is 841 g/mol. The van der Waals surface area contributed by atoms with Gasteiger partial charge in [0.2, 0.25) is 11.8 Å². The first-order valence-corrected chi connectivity index (χ1v) is 25.3. The second-order valence-corrected chi connectivity index (χ2v) is 19.6. The van der Waals surface area contributed by atoms with E-state index in [-0.39, 0.29) is 17.8 Å². The molecular formula is C50H68N8O4S2. The van der Waals surface area contributed by atoms with Crippen molar-refractivity contribution in [2.24, 2.45) is 0 Å². The molecule has 4 amide bonds. The maximum Gasteiger partial charge on any atom is 0.318 e. The maximum absolute atomic E-state index is 14.2. The minimum Gasteiger partial charge on any atom is -0.365 e. The summed E-state index contributed by atoms with van der Waals surface area (Å²) in [6.07, 6.45) is 1.32. The van der Waals surface area contributed by atoms with Crippen molar-refractivity contribution in [1.29, 1.82) is 0 Å². The van der Waals surface area contributed by atoms with Gasteiger partial charge in [-0.2, -0.15) is 0 Å². The van der Waals surface area contributed by atoms with E-state index in [9.17, 15) is 19.5 Å². The lowest BCUT2D eigenvalue weighted by Crippen LogP contribution is -2.59. The number of amides is 4. The van der Waals surface area contributed by atoms with Crippen molar-refractivity contribution < 1.29 is 19.5 Å². The number of urea groups is 1. The Kier molecular flexibility index (Phi) is 20.3. The molecule has 0 spiro atoms. The zero-order chi connectivity index (χ0) is 44.9. The number of nitrogens with one attached hydrogen (secondary N) is 2. The molecule has 0 radical (unpaired) electrons. The van der Waals surface area contributed by atoms with Crippen molar-refractivity contribution in [3.63, 3.8) is 0 Å². The number of nitrogens with zero attached hydrogens (tertiary/aromatic N) is 6. The number of aliphatic hydroxyl groups is 1. The highest BCUT2D eigenvalue weighted by Crippen LogP contribution is 2.22. The van der Waals surface area contributed by atoms with E-state index < -0.39 is 18.4 Å². The number of benzene rings is 4. The van der Waals surface area contributed by atoms with Gasteiger partial charge in [0.1, 0.15) is 6.04 Å². The van der Waals surface area contributed by atoms with Gasteiger partial charge < -0.3 is 34.9 Å². The topological polar surface area (TPSA) is 115 Å². The Morgan fingerprint density at radius 2 is 0.953 bits per heavy atom. The van der Waals surface area contributed by atoms with Crippen LogP contribution in [0.15, 0.2) is 121 Å². The summed E-state index contributed by atoms with van der Waals surface area (Å²) in [4.78, 5) is 54.3. The molecule has 14 heteroatoms. The van der Waals surface area contributed by atoms with Crippen LogP contribution in [0.5, 0.6) is 0 Å². The second kappa shape index (κ2) is 26.5. The van der Waals surface area contributed by atoms with E-state index >= 15 is 0 Å². The normalized spacial score (nSPS) is 16.3. The Morgan fingerprint density at radius 1 is 0.547 bits per heavy atom. The molecule has 3 atom stereocenters. The molecule has 2 saturated heterocycles. The Morgan fingerprint density at radius 3 is 1.44 bits per heavy atom. The van der Waals surface area contributed by atoms with Crippen LogP contribution in [-0.4, -0.2) is 175 Å². The summed E-state index contributed by atoms with van der Waals surface area (Å²) >= 11 is 0. The predicted molar refractivity (Wildman–Crippen MR) is 262 cm³/mol. The molecule has 12 nitrogen and oxygen atoms in total. The standard InChI is InChI=1S/C50H68N8O4S2/c1-53-27-31-55(32-28-53)47(59)45(39-43-19-11-5-12-20-43)51-49(61)57(25-23-41-15-7-3-8-16-41)35-37-63-64-38-36-58(26-24-42-17-9-4-10-18-42)50(62)52-46(40-44-21-13-6-14-22-44)48(60)56-33-29-54(2)30-34-56/h3-22,45-46,49,51,61H,23-40H2,1-2H3,(H,52,62)/t45-,46-,49?/m0/s1. The molecule has 1 unspecified atom stereocenters. The van der Waals surface area contributed by atoms with E-state index in [0.29, 0.717) is 77.4 Å². The highest BCUT2D eigenvalue weighted by atomic mass is 33.1. The first-order valence-electron chi connectivity index (χ1n) is 22.8. The first kappa shape index (κ1) is 49.0. The van der Waals surface area contributed by atoms with E-state index in [1.165, 1.54) is 5.56 Å². The summed E-state index contributed by atoms with van der Waals surface area (Å²) in [7, 11) is 7.56. The second-order valence-electron chi connectivity index (χ2n) is 16.9. The highest BCUT2D eigenvalue weighted by molar-refractivity contribution is 8.76.